The van der Waals surface area contributed by atoms with E-state index in [1.807, 2.05) is 24.3 Å². The zero-order valence-electron chi connectivity index (χ0n) is 13.5. The summed E-state index contributed by atoms with van der Waals surface area (Å²) in [5, 5.41) is 7.82. The van der Waals surface area contributed by atoms with Crippen LogP contribution in [-0.4, -0.2) is 23.0 Å². The van der Waals surface area contributed by atoms with E-state index in [0.717, 1.165) is 10.9 Å². The highest BCUT2D eigenvalue weighted by atomic mass is 35.5. The number of aromatic nitrogens is 1. The predicted octanol–water partition coefficient (Wildman–Crippen LogP) is 4.28. The smallest absolute Gasteiger partial charge is 0.318 e. The van der Waals surface area contributed by atoms with E-state index in [1.54, 1.807) is 6.07 Å². The Bertz CT molecular complexity index is 1070. The molecule has 0 aliphatic carbocycles. The van der Waals surface area contributed by atoms with Crippen molar-refractivity contribution in [2.75, 3.05) is 5.32 Å². The lowest BCUT2D eigenvalue weighted by Gasteiger charge is -2.05. The van der Waals surface area contributed by atoms with E-state index in [0.29, 0.717) is 16.3 Å². The zero-order chi connectivity index (χ0) is 19.4. The van der Waals surface area contributed by atoms with E-state index in [2.05, 4.69) is 20.8 Å². The highest BCUT2D eigenvalue weighted by Gasteiger charge is 2.13. The molecule has 1 aromatic heterocycles. The number of anilines is 1. The molecular weight excluding hydrogens is 411 g/mol. The summed E-state index contributed by atoms with van der Waals surface area (Å²) >= 11 is 17.8. The van der Waals surface area contributed by atoms with Crippen LogP contribution in [0.4, 0.5) is 5.69 Å². The minimum absolute atomic E-state index is 0.229. The number of hydrogen-bond acceptors (Lipinski definition) is 4. The van der Waals surface area contributed by atoms with Gasteiger partial charge in [0.15, 0.2) is 0 Å². The molecule has 2 N–H and O–H groups in total. The van der Waals surface area contributed by atoms with Crippen molar-refractivity contribution in [2.45, 2.75) is 0 Å². The summed E-state index contributed by atoms with van der Waals surface area (Å²) in [5.41, 5.74) is 3.70. The predicted molar refractivity (Wildman–Crippen MR) is 108 cm³/mol. The Balaban J connectivity index is 1.65. The third-order valence-corrected chi connectivity index (χ3v) is 4.50. The number of pyridine rings is 1. The van der Waals surface area contributed by atoms with Crippen LogP contribution in [0, 0.1) is 0 Å². The van der Waals surface area contributed by atoms with Crippen LogP contribution in [-0.2, 0) is 9.59 Å². The van der Waals surface area contributed by atoms with Crippen LogP contribution in [0.3, 0.4) is 0 Å². The molecular formula is C18H11Cl3N4O2. The summed E-state index contributed by atoms with van der Waals surface area (Å²) in [6, 6.07) is 13.7. The lowest BCUT2D eigenvalue weighted by molar-refractivity contribution is -0.136. The molecule has 2 amide bonds. The van der Waals surface area contributed by atoms with Gasteiger partial charge >= 0.3 is 11.8 Å². The third-order valence-electron chi connectivity index (χ3n) is 3.46. The summed E-state index contributed by atoms with van der Waals surface area (Å²) in [7, 11) is 0. The monoisotopic (exact) mass is 420 g/mol. The van der Waals surface area contributed by atoms with Crippen molar-refractivity contribution in [3.05, 3.63) is 69.3 Å². The first kappa shape index (κ1) is 19.1. The summed E-state index contributed by atoms with van der Waals surface area (Å²) < 4.78 is 0. The van der Waals surface area contributed by atoms with Crippen molar-refractivity contribution >= 4 is 69.4 Å². The van der Waals surface area contributed by atoms with E-state index in [9.17, 15) is 9.59 Å². The number of amides is 2. The number of halogens is 3. The van der Waals surface area contributed by atoms with Gasteiger partial charge in [-0.3, -0.25) is 9.59 Å². The summed E-state index contributed by atoms with van der Waals surface area (Å²) in [5.74, 6) is -1.87. The second kappa shape index (κ2) is 8.35. The Hall–Kier alpha value is -2.67. The molecule has 27 heavy (non-hydrogen) atoms. The van der Waals surface area contributed by atoms with Crippen LogP contribution < -0.4 is 10.7 Å². The maximum absolute atomic E-state index is 11.9. The maximum atomic E-state index is 11.9. The van der Waals surface area contributed by atoms with E-state index in [1.165, 1.54) is 24.4 Å². The number of nitrogens with zero attached hydrogens (tertiary/aromatic N) is 2. The summed E-state index contributed by atoms with van der Waals surface area (Å²) in [6.07, 6.45) is 1.31. The molecule has 0 radical (unpaired) electrons. The Morgan fingerprint density at radius 2 is 1.74 bits per heavy atom. The fraction of sp³-hybridized carbons (Fsp3) is 0. The van der Waals surface area contributed by atoms with Gasteiger partial charge in [-0.05, 0) is 30.3 Å². The Labute approximate surface area is 169 Å². The molecule has 2 aromatic carbocycles. The second-order valence-electron chi connectivity index (χ2n) is 5.34. The van der Waals surface area contributed by atoms with Gasteiger partial charge in [0, 0.05) is 16.6 Å². The quantitative estimate of drug-likeness (QED) is 0.286. The molecule has 0 saturated heterocycles. The number of hydrogen-bond donors (Lipinski definition) is 2. The average molecular weight is 422 g/mol. The molecule has 3 rings (SSSR count). The van der Waals surface area contributed by atoms with Gasteiger partial charge in [-0.15, -0.1) is 0 Å². The van der Waals surface area contributed by atoms with Gasteiger partial charge in [-0.1, -0.05) is 53.0 Å². The fourth-order valence-electron chi connectivity index (χ4n) is 2.17. The van der Waals surface area contributed by atoms with Crippen molar-refractivity contribution in [3.8, 4) is 0 Å². The minimum Gasteiger partial charge on any atom is -0.318 e. The van der Waals surface area contributed by atoms with E-state index < -0.39 is 11.8 Å². The van der Waals surface area contributed by atoms with Gasteiger partial charge in [0.2, 0.25) is 0 Å². The molecule has 0 atom stereocenters. The number of rotatable bonds is 3. The molecule has 0 saturated carbocycles. The number of carbonyl (C=O) groups excluding carboxylic acids is 2. The Morgan fingerprint density at radius 3 is 2.52 bits per heavy atom. The normalized spacial score (nSPS) is 10.9. The molecule has 0 aliphatic heterocycles. The van der Waals surface area contributed by atoms with Crippen molar-refractivity contribution in [1.82, 2.24) is 10.4 Å². The van der Waals surface area contributed by atoms with Gasteiger partial charge in [-0.2, -0.15) is 5.10 Å². The van der Waals surface area contributed by atoms with Crippen LogP contribution in [0.1, 0.15) is 5.56 Å². The molecule has 0 bridgehead atoms. The standard InChI is InChI=1S/C18H11Cl3N4O2/c19-13-6-5-12(8-14(13)20)23-17(26)18(27)25-22-9-11-7-10-3-1-2-4-15(10)24-16(11)21/h1-9H,(H,23,26)(H,25,27)/b22-9+. The maximum Gasteiger partial charge on any atom is 0.329 e. The van der Waals surface area contributed by atoms with Crippen LogP contribution in [0.25, 0.3) is 10.9 Å². The van der Waals surface area contributed by atoms with E-state index in [-0.39, 0.29) is 10.2 Å². The van der Waals surface area contributed by atoms with Crippen LogP contribution in [0.15, 0.2) is 53.6 Å². The van der Waals surface area contributed by atoms with Gasteiger partial charge in [0.1, 0.15) is 5.15 Å². The Kier molecular flexibility index (Phi) is 5.91. The molecule has 6 nitrogen and oxygen atoms in total. The minimum atomic E-state index is -0.956. The second-order valence-corrected chi connectivity index (χ2v) is 6.52. The van der Waals surface area contributed by atoms with Gasteiger partial charge in [0.25, 0.3) is 0 Å². The van der Waals surface area contributed by atoms with Crippen molar-refractivity contribution in [2.24, 2.45) is 5.10 Å². The van der Waals surface area contributed by atoms with E-state index >= 15 is 0 Å². The van der Waals surface area contributed by atoms with Crippen LogP contribution >= 0.6 is 34.8 Å². The first-order chi connectivity index (χ1) is 12.9. The highest BCUT2D eigenvalue weighted by Crippen LogP contribution is 2.25. The molecule has 9 heteroatoms. The summed E-state index contributed by atoms with van der Waals surface area (Å²) in [4.78, 5) is 28.0. The first-order valence-electron chi connectivity index (χ1n) is 7.59. The van der Waals surface area contributed by atoms with Crippen LogP contribution in [0.2, 0.25) is 15.2 Å². The molecule has 0 aliphatic rings. The molecule has 0 spiro atoms. The third kappa shape index (κ3) is 4.74. The number of nitrogens with one attached hydrogen (secondary N) is 2. The highest BCUT2D eigenvalue weighted by molar-refractivity contribution is 6.43. The lowest BCUT2D eigenvalue weighted by Crippen LogP contribution is -2.32. The SMILES string of the molecule is O=C(N/N=C/c1cc2ccccc2nc1Cl)C(=O)Nc1ccc(Cl)c(Cl)c1. The fourth-order valence-corrected chi connectivity index (χ4v) is 2.66. The van der Waals surface area contributed by atoms with Gasteiger partial charge < -0.3 is 5.32 Å². The average Bonchev–Trinajstić information content (AvgIpc) is 2.65. The molecule has 3 aromatic rings. The number of carbonyl (C=O) groups is 2. The lowest BCUT2D eigenvalue weighted by atomic mass is 10.2. The Morgan fingerprint density at radius 1 is 0.963 bits per heavy atom. The van der Waals surface area contributed by atoms with Gasteiger partial charge in [0.05, 0.1) is 21.8 Å². The number of para-hydroxylation sites is 1. The van der Waals surface area contributed by atoms with Crippen molar-refractivity contribution in [3.63, 3.8) is 0 Å². The number of benzene rings is 2. The van der Waals surface area contributed by atoms with Crippen molar-refractivity contribution < 1.29 is 9.59 Å². The zero-order valence-corrected chi connectivity index (χ0v) is 15.8. The van der Waals surface area contributed by atoms with E-state index in [4.69, 9.17) is 34.8 Å². The number of hydrazone groups is 1. The van der Waals surface area contributed by atoms with Crippen LogP contribution in [0.5, 0.6) is 0 Å². The molecule has 1 heterocycles. The topological polar surface area (TPSA) is 83.5 Å². The summed E-state index contributed by atoms with van der Waals surface area (Å²) in [6.45, 7) is 0. The first-order valence-corrected chi connectivity index (χ1v) is 8.72. The van der Waals surface area contributed by atoms with Crippen molar-refractivity contribution in [1.29, 1.82) is 0 Å². The van der Waals surface area contributed by atoms with Gasteiger partial charge in [-0.25, -0.2) is 10.4 Å². The molecule has 0 fully saturated rings. The largest absolute Gasteiger partial charge is 0.329 e. The molecule has 0 unspecified atom stereocenters. The molecule has 136 valence electrons. The number of fused-ring (bicyclic) bond motifs is 1.